The van der Waals surface area contributed by atoms with Crippen molar-refractivity contribution >= 4 is 28.9 Å². The van der Waals surface area contributed by atoms with Crippen LogP contribution < -0.4 is 10.2 Å². The molecule has 1 heterocycles. The Morgan fingerprint density at radius 2 is 1.96 bits per heavy atom. The van der Waals surface area contributed by atoms with Gasteiger partial charge in [-0.15, -0.1) is 0 Å². The summed E-state index contributed by atoms with van der Waals surface area (Å²) in [6.45, 7) is 2.64. The lowest BCUT2D eigenvalue weighted by atomic mass is 10.1. The van der Waals surface area contributed by atoms with Crippen LogP contribution in [0.3, 0.4) is 0 Å². The third kappa shape index (κ3) is 3.70. The van der Waals surface area contributed by atoms with Gasteiger partial charge in [-0.25, -0.2) is 0 Å². The lowest BCUT2D eigenvalue weighted by Crippen LogP contribution is -2.41. The van der Waals surface area contributed by atoms with Gasteiger partial charge in [0.15, 0.2) is 0 Å². The Hall–Kier alpha value is -3.26. The summed E-state index contributed by atoms with van der Waals surface area (Å²) >= 11 is 0. The lowest BCUT2D eigenvalue weighted by Gasteiger charge is -2.26. The maximum atomic E-state index is 12.3. The third-order valence-corrected chi connectivity index (χ3v) is 4.09. The predicted octanol–water partition coefficient (Wildman–Crippen LogP) is 2.52. The number of rotatable bonds is 4. The van der Waals surface area contributed by atoms with E-state index in [2.05, 4.69) is 5.32 Å². The number of benzene rings is 2. The summed E-state index contributed by atoms with van der Waals surface area (Å²) in [5, 5.41) is 13.7. The van der Waals surface area contributed by atoms with Crippen LogP contribution in [0.15, 0.2) is 42.5 Å². The SMILES string of the molecule is Cc1ccc(C(=O)Nc2ccc(N3CCOCC3=O)cc2)cc1[N+](=O)[O-]. The number of morpholine rings is 1. The molecular formula is C18H17N3O5. The highest BCUT2D eigenvalue weighted by atomic mass is 16.6. The molecule has 1 fully saturated rings. The Kier molecular flexibility index (Phi) is 4.94. The van der Waals surface area contributed by atoms with E-state index in [0.717, 1.165) is 5.69 Å². The molecule has 0 unspecified atom stereocenters. The quantitative estimate of drug-likeness (QED) is 0.671. The minimum absolute atomic E-state index is 0.0602. The zero-order valence-corrected chi connectivity index (χ0v) is 14.1. The first-order valence-corrected chi connectivity index (χ1v) is 8.00. The predicted molar refractivity (Wildman–Crippen MR) is 95.4 cm³/mol. The van der Waals surface area contributed by atoms with Gasteiger partial charge in [0, 0.05) is 35.1 Å². The van der Waals surface area contributed by atoms with Crippen molar-refractivity contribution in [1.29, 1.82) is 0 Å². The van der Waals surface area contributed by atoms with Gasteiger partial charge in [-0.3, -0.25) is 19.7 Å². The number of anilines is 2. The first-order chi connectivity index (χ1) is 12.5. The van der Waals surface area contributed by atoms with Gasteiger partial charge in [-0.05, 0) is 37.3 Å². The molecule has 0 aromatic heterocycles. The highest BCUT2D eigenvalue weighted by Crippen LogP contribution is 2.22. The highest BCUT2D eigenvalue weighted by Gasteiger charge is 2.20. The van der Waals surface area contributed by atoms with Crippen molar-refractivity contribution in [1.82, 2.24) is 0 Å². The average Bonchev–Trinajstić information content (AvgIpc) is 2.63. The number of nitrogens with one attached hydrogen (secondary N) is 1. The summed E-state index contributed by atoms with van der Waals surface area (Å²) in [4.78, 5) is 36.3. The van der Waals surface area contributed by atoms with Gasteiger partial charge in [-0.2, -0.15) is 0 Å². The number of nitrogens with zero attached hydrogens (tertiary/aromatic N) is 2. The molecule has 0 saturated carbocycles. The van der Waals surface area contributed by atoms with Gasteiger partial charge in [0.25, 0.3) is 17.5 Å². The van der Waals surface area contributed by atoms with E-state index < -0.39 is 10.8 Å². The molecule has 0 bridgehead atoms. The molecule has 2 amide bonds. The van der Waals surface area contributed by atoms with E-state index in [4.69, 9.17) is 4.74 Å². The second-order valence-electron chi connectivity index (χ2n) is 5.86. The number of hydrogen-bond donors (Lipinski definition) is 1. The standard InChI is InChI=1S/C18H17N3O5/c1-12-2-3-13(10-16(12)21(24)25)18(23)19-14-4-6-15(7-5-14)20-8-9-26-11-17(20)22/h2-7,10H,8-9,11H2,1H3,(H,19,23). The van der Waals surface area contributed by atoms with Crippen LogP contribution in [-0.2, 0) is 9.53 Å². The molecule has 8 nitrogen and oxygen atoms in total. The molecule has 134 valence electrons. The Balaban J connectivity index is 1.73. The summed E-state index contributed by atoms with van der Waals surface area (Å²) in [6.07, 6.45) is 0. The van der Waals surface area contributed by atoms with Crippen LogP contribution in [0.25, 0.3) is 0 Å². The second-order valence-corrected chi connectivity index (χ2v) is 5.86. The van der Waals surface area contributed by atoms with E-state index in [1.807, 2.05) is 0 Å². The zero-order valence-electron chi connectivity index (χ0n) is 14.1. The summed E-state index contributed by atoms with van der Waals surface area (Å²) in [6, 6.07) is 11.2. The molecule has 0 radical (unpaired) electrons. The molecule has 0 aliphatic carbocycles. The van der Waals surface area contributed by atoms with Gasteiger partial charge < -0.3 is 15.0 Å². The number of nitro groups is 1. The fourth-order valence-electron chi connectivity index (χ4n) is 2.67. The van der Waals surface area contributed by atoms with Crippen molar-refractivity contribution in [3.05, 3.63) is 63.7 Å². The van der Waals surface area contributed by atoms with Crippen molar-refractivity contribution in [3.63, 3.8) is 0 Å². The number of ether oxygens (including phenoxy) is 1. The van der Waals surface area contributed by atoms with E-state index in [0.29, 0.717) is 24.4 Å². The van der Waals surface area contributed by atoms with Gasteiger partial charge in [0.2, 0.25) is 0 Å². The molecule has 0 atom stereocenters. The van der Waals surface area contributed by atoms with Crippen molar-refractivity contribution in [2.45, 2.75) is 6.92 Å². The Morgan fingerprint density at radius 1 is 1.23 bits per heavy atom. The first-order valence-electron chi connectivity index (χ1n) is 8.00. The van der Waals surface area contributed by atoms with Crippen LogP contribution in [0.2, 0.25) is 0 Å². The summed E-state index contributed by atoms with van der Waals surface area (Å²) in [7, 11) is 0. The Morgan fingerprint density at radius 3 is 2.62 bits per heavy atom. The van der Waals surface area contributed by atoms with E-state index in [1.165, 1.54) is 6.07 Å². The molecule has 2 aromatic rings. The van der Waals surface area contributed by atoms with Crippen molar-refractivity contribution in [2.24, 2.45) is 0 Å². The normalized spacial score (nSPS) is 14.2. The van der Waals surface area contributed by atoms with Crippen molar-refractivity contribution < 1.29 is 19.2 Å². The summed E-state index contributed by atoms with van der Waals surface area (Å²) < 4.78 is 5.10. The van der Waals surface area contributed by atoms with Crippen LogP contribution in [-0.4, -0.2) is 36.5 Å². The van der Waals surface area contributed by atoms with Crippen LogP contribution in [0.4, 0.5) is 17.1 Å². The largest absolute Gasteiger partial charge is 0.370 e. The Bertz CT molecular complexity index is 864. The van der Waals surface area contributed by atoms with Gasteiger partial charge in [0.05, 0.1) is 11.5 Å². The van der Waals surface area contributed by atoms with Crippen LogP contribution in [0.5, 0.6) is 0 Å². The number of amides is 2. The van der Waals surface area contributed by atoms with Crippen molar-refractivity contribution in [3.8, 4) is 0 Å². The van der Waals surface area contributed by atoms with E-state index >= 15 is 0 Å². The molecule has 1 aliphatic rings. The number of nitro benzene ring substituents is 1. The fourth-order valence-corrected chi connectivity index (χ4v) is 2.67. The first kappa shape index (κ1) is 17.6. The maximum Gasteiger partial charge on any atom is 0.273 e. The van der Waals surface area contributed by atoms with E-state index in [9.17, 15) is 19.7 Å². The minimum atomic E-state index is -0.514. The minimum Gasteiger partial charge on any atom is -0.370 e. The molecule has 0 spiro atoms. The van der Waals surface area contributed by atoms with Crippen LogP contribution in [0.1, 0.15) is 15.9 Å². The highest BCUT2D eigenvalue weighted by molar-refractivity contribution is 6.05. The molecular weight excluding hydrogens is 338 g/mol. The second kappa shape index (κ2) is 7.32. The third-order valence-electron chi connectivity index (χ3n) is 4.09. The van der Waals surface area contributed by atoms with Gasteiger partial charge in [0.1, 0.15) is 6.61 Å². The zero-order chi connectivity index (χ0) is 18.7. The van der Waals surface area contributed by atoms with E-state index in [1.54, 1.807) is 48.2 Å². The summed E-state index contributed by atoms with van der Waals surface area (Å²) in [5.41, 5.74) is 1.85. The van der Waals surface area contributed by atoms with Crippen molar-refractivity contribution in [2.75, 3.05) is 30.0 Å². The lowest BCUT2D eigenvalue weighted by molar-refractivity contribution is -0.385. The monoisotopic (exact) mass is 355 g/mol. The maximum absolute atomic E-state index is 12.3. The smallest absolute Gasteiger partial charge is 0.273 e. The van der Waals surface area contributed by atoms with E-state index in [-0.39, 0.29) is 23.8 Å². The average molecular weight is 355 g/mol. The molecule has 3 rings (SSSR count). The fraction of sp³-hybridized carbons (Fsp3) is 0.222. The topological polar surface area (TPSA) is 102 Å². The number of carbonyl (C=O) groups is 2. The van der Waals surface area contributed by atoms with Gasteiger partial charge >= 0.3 is 0 Å². The molecule has 1 saturated heterocycles. The van der Waals surface area contributed by atoms with Crippen LogP contribution in [0, 0.1) is 17.0 Å². The number of aryl methyl sites for hydroxylation is 1. The molecule has 1 aliphatic heterocycles. The van der Waals surface area contributed by atoms with Crippen LogP contribution >= 0.6 is 0 Å². The number of hydrogen-bond acceptors (Lipinski definition) is 5. The Labute approximate surface area is 149 Å². The molecule has 8 heteroatoms. The molecule has 26 heavy (non-hydrogen) atoms. The molecule has 1 N–H and O–H groups in total. The van der Waals surface area contributed by atoms with Gasteiger partial charge in [-0.1, -0.05) is 6.07 Å². The number of carbonyl (C=O) groups excluding carboxylic acids is 2. The molecule has 2 aromatic carbocycles. The summed E-state index contributed by atoms with van der Waals surface area (Å²) in [5.74, 6) is -0.553.